The van der Waals surface area contributed by atoms with Crippen LogP contribution >= 0.6 is 0 Å². The highest BCUT2D eigenvalue weighted by molar-refractivity contribution is 5.65. The van der Waals surface area contributed by atoms with Crippen molar-refractivity contribution in [1.29, 1.82) is 0 Å². The van der Waals surface area contributed by atoms with Crippen molar-refractivity contribution in [2.75, 3.05) is 25.1 Å². The van der Waals surface area contributed by atoms with Gasteiger partial charge >= 0.3 is 11.8 Å². The first-order valence-electron chi connectivity index (χ1n) is 8.00. The number of nitrogens with one attached hydrogen (secondary N) is 1. The minimum Gasteiger partial charge on any atom is -0.465 e. The van der Waals surface area contributed by atoms with Gasteiger partial charge in [0.25, 0.3) is 0 Å². The molecule has 1 saturated heterocycles. The molecule has 2 atom stereocenters. The second-order valence-electron chi connectivity index (χ2n) is 6.18. The molecule has 2 unspecified atom stereocenters. The Hall–Kier alpha value is -2.36. The zero-order chi connectivity index (χ0) is 17.3. The normalized spacial score (nSPS) is 24.5. The van der Waals surface area contributed by atoms with Crippen LogP contribution in [-0.2, 0) is 4.74 Å². The first-order chi connectivity index (χ1) is 11.5. The molecule has 3 rings (SSSR count). The van der Waals surface area contributed by atoms with Crippen LogP contribution in [0, 0.1) is 10.1 Å². The maximum Gasteiger partial charge on any atom is 0.404 e. The standard InChI is InChI=1S/C14H21N5O5/c1-24-12-5-7-17(6-4-10(12)16-14(20)21)13-11(19(22)23)8-15-18(13)9-2-3-9/h8-10,12,16H,2-7H2,1H3,(H,20,21). The number of anilines is 1. The molecule has 2 heterocycles. The SMILES string of the molecule is COC1CCN(c2c([N+](=O)[O-])cnn2C2CC2)CCC1NC(=O)O. The average molecular weight is 339 g/mol. The Kier molecular flexibility index (Phi) is 4.56. The second kappa shape index (κ2) is 6.63. The van der Waals surface area contributed by atoms with E-state index in [-0.39, 0.29) is 23.9 Å². The minimum absolute atomic E-state index is 0.000473. The van der Waals surface area contributed by atoms with Gasteiger partial charge in [0, 0.05) is 20.2 Å². The van der Waals surface area contributed by atoms with Crippen LogP contribution in [0.4, 0.5) is 16.3 Å². The Morgan fingerprint density at radius 2 is 2.12 bits per heavy atom. The van der Waals surface area contributed by atoms with E-state index in [1.807, 2.05) is 4.90 Å². The largest absolute Gasteiger partial charge is 0.465 e. The van der Waals surface area contributed by atoms with Gasteiger partial charge in [-0.3, -0.25) is 10.1 Å². The molecule has 0 aromatic carbocycles. The zero-order valence-corrected chi connectivity index (χ0v) is 13.4. The van der Waals surface area contributed by atoms with Crippen LogP contribution < -0.4 is 10.2 Å². The Morgan fingerprint density at radius 1 is 1.42 bits per heavy atom. The molecular formula is C14H21N5O5. The Labute approximate surface area is 138 Å². The van der Waals surface area contributed by atoms with E-state index in [0.29, 0.717) is 31.7 Å². The number of nitrogens with zero attached hydrogens (tertiary/aromatic N) is 4. The van der Waals surface area contributed by atoms with Crippen molar-refractivity contribution in [2.24, 2.45) is 0 Å². The van der Waals surface area contributed by atoms with E-state index >= 15 is 0 Å². The summed E-state index contributed by atoms with van der Waals surface area (Å²) in [4.78, 5) is 23.8. The van der Waals surface area contributed by atoms with Crippen molar-refractivity contribution in [2.45, 2.75) is 43.9 Å². The molecule has 24 heavy (non-hydrogen) atoms. The highest BCUT2D eigenvalue weighted by Crippen LogP contribution is 2.41. The van der Waals surface area contributed by atoms with E-state index in [1.165, 1.54) is 6.20 Å². The highest BCUT2D eigenvalue weighted by Gasteiger charge is 2.36. The van der Waals surface area contributed by atoms with Crippen LogP contribution in [0.3, 0.4) is 0 Å². The van der Waals surface area contributed by atoms with Crippen molar-refractivity contribution in [1.82, 2.24) is 15.1 Å². The van der Waals surface area contributed by atoms with Gasteiger partial charge in [-0.1, -0.05) is 0 Å². The summed E-state index contributed by atoms with van der Waals surface area (Å²) < 4.78 is 7.15. The molecule has 1 saturated carbocycles. The molecule has 2 fully saturated rings. The highest BCUT2D eigenvalue weighted by atomic mass is 16.6. The van der Waals surface area contributed by atoms with Crippen molar-refractivity contribution >= 4 is 17.6 Å². The van der Waals surface area contributed by atoms with Crippen LogP contribution in [0.5, 0.6) is 0 Å². The zero-order valence-electron chi connectivity index (χ0n) is 13.4. The van der Waals surface area contributed by atoms with E-state index in [9.17, 15) is 14.9 Å². The molecule has 1 aromatic heterocycles. The van der Waals surface area contributed by atoms with Gasteiger partial charge in [-0.05, 0) is 25.7 Å². The van der Waals surface area contributed by atoms with E-state index in [2.05, 4.69) is 10.4 Å². The molecule has 1 aliphatic carbocycles. The van der Waals surface area contributed by atoms with Gasteiger partial charge in [0.05, 0.1) is 23.1 Å². The van der Waals surface area contributed by atoms with Gasteiger partial charge in [-0.25, -0.2) is 9.48 Å². The summed E-state index contributed by atoms with van der Waals surface area (Å²) in [5.74, 6) is 0.522. The first kappa shape index (κ1) is 16.5. The van der Waals surface area contributed by atoms with Gasteiger partial charge in [0.1, 0.15) is 6.20 Å². The molecule has 0 bridgehead atoms. The summed E-state index contributed by atoms with van der Waals surface area (Å²) in [6, 6.07) is -0.114. The van der Waals surface area contributed by atoms with Crippen LogP contribution in [-0.4, -0.2) is 58.2 Å². The quantitative estimate of drug-likeness (QED) is 0.613. The fourth-order valence-electron chi connectivity index (χ4n) is 3.26. The van der Waals surface area contributed by atoms with Crippen molar-refractivity contribution in [3.63, 3.8) is 0 Å². The molecule has 2 N–H and O–H groups in total. The molecule has 1 aliphatic heterocycles. The Bertz CT molecular complexity index is 629. The fraction of sp³-hybridized carbons (Fsp3) is 0.714. The molecule has 1 aromatic rings. The minimum atomic E-state index is -1.09. The number of amides is 1. The number of rotatable bonds is 5. The summed E-state index contributed by atoms with van der Waals surface area (Å²) in [5, 5.41) is 27.0. The number of ether oxygens (including phenoxy) is 1. The summed E-state index contributed by atoms with van der Waals surface area (Å²) in [7, 11) is 1.55. The maximum atomic E-state index is 11.3. The Balaban J connectivity index is 1.84. The molecule has 0 radical (unpaired) electrons. The van der Waals surface area contributed by atoms with E-state index < -0.39 is 11.0 Å². The molecule has 132 valence electrons. The van der Waals surface area contributed by atoms with Crippen LogP contribution in [0.2, 0.25) is 0 Å². The fourth-order valence-corrected chi connectivity index (χ4v) is 3.26. The van der Waals surface area contributed by atoms with Gasteiger partial charge in [-0.15, -0.1) is 0 Å². The predicted molar refractivity (Wildman–Crippen MR) is 84.3 cm³/mol. The number of carboxylic acid groups (broad SMARTS) is 1. The number of aromatic nitrogens is 2. The Morgan fingerprint density at radius 3 is 2.71 bits per heavy atom. The van der Waals surface area contributed by atoms with E-state index in [0.717, 1.165) is 12.8 Å². The van der Waals surface area contributed by atoms with Crippen molar-refractivity contribution < 1.29 is 19.6 Å². The molecule has 0 spiro atoms. The summed E-state index contributed by atoms with van der Waals surface area (Å²) in [5.41, 5.74) is 0.000473. The topological polar surface area (TPSA) is 123 Å². The monoisotopic (exact) mass is 339 g/mol. The van der Waals surface area contributed by atoms with E-state index in [4.69, 9.17) is 9.84 Å². The predicted octanol–water partition coefficient (Wildman–Crippen LogP) is 1.38. The summed E-state index contributed by atoms with van der Waals surface area (Å²) in [6.45, 7) is 1.06. The third-order valence-corrected chi connectivity index (χ3v) is 4.59. The number of methoxy groups -OCH3 is 1. The molecule has 10 heteroatoms. The summed E-state index contributed by atoms with van der Waals surface area (Å²) >= 11 is 0. The molecular weight excluding hydrogens is 318 g/mol. The maximum absolute atomic E-state index is 11.3. The third kappa shape index (κ3) is 3.28. The number of nitro groups is 1. The van der Waals surface area contributed by atoms with Crippen LogP contribution in [0.15, 0.2) is 6.20 Å². The average Bonchev–Trinajstić information content (AvgIpc) is 3.30. The van der Waals surface area contributed by atoms with Crippen molar-refractivity contribution in [3.8, 4) is 0 Å². The lowest BCUT2D eigenvalue weighted by Crippen LogP contribution is -2.43. The van der Waals surface area contributed by atoms with Crippen LogP contribution in [0.1, 0.15) is 31.7 Å². The lowest BCUT2D eigenvalue weighted by molar-refractivity contribution is -0.384. The van der Waals surface area contributed by atoms with Gasteiger partial charge in [0.2, 0.25) is 5.82 Å². The van der Waals surface area contributed by atoms with Gasteiger partial charge in [0.15, 0.2) is 0 Å². The smallest absolute Gasteiger partial charge is 0.404 e. The lowest BCUT2D eigenvalue weighted by atomic mass is 10.1. The lowest BCUT2D eigenvalue weighted by Gasteiger charge is -2.22. The number of hydrogen-bond acceptors (Lipinski definition) is 6. The van der Waals surface area contributed by atoms with Crippen LogP contribution in [0.25, 0.3) is 0 Å². The van der Waals surface area contributed by atoms with Gasteiger partial charge < -0.3 is 20.1 Å². The van der Waals surface area contributed by atoms with E-state index in [1.54, 1.807) is 11.8 Å². The van der Waals surface area contributed by atoms with Crippen molar-refractivity contribution in [3.05, 3.63) is 16.3 Å². The number of carbonyl (C=O) groups is 1. The first-order valence-corrected chi connectivity index (χ1v) is 8.00. The van der Waals surface area contributed by atoms with Gasteiger partial charge in [-0.2, -0.15) is 5.10 Å². The number of hydrogen-bond donors (Lipinski definition) is 2. The molecule has 1 amide bonds. The third-order valence-electron chi connectivity index (χ3n) is 4.59. The molecule has 2 aliphatic rings. The molecule has 10 nitrogen and oxygen atoms in total. The summed E-state index contributed by atoms with van der Waals surface area (Å²) in [6.07, 6.45) is 2.99. The second-order valence-corrected chi connectivity index (χ2v) is 6.18.